The third-order valence-corrected chi connectivity index (χ3v) is 12.7. The standard InChI is InChI=1S/C31H56O/c1-9-23(19(2)3)20(4)18-21(5)25-12-13-27-24-10-11-26-22(6)29(32)15-17-31(26,8)28(24)14-16-30(25,27)7/h19-29,32H,9-18H2,1-8H3/t20?,21-,22+,23?,24+,25-,26?,27+,28+,29+,30-,31+/m1/s1. The molecule has 4 rings (SSSR count). The van der Waals surface area contributed by atoms with Gasteiger partial charge in [-0.2, -0.15) is 0 Å². The van der Waals surface area contributed by atoms with Crippen LogP contribution in [-0.2, 0) is 0 Å². The van der Waals surface area contributed by atoms with Crippen LogP contribution >= 0.6 is 0 Å². The summed E-state index contributed by atoms with van der Waals surface area (Å²) >= 11 is 0. The molecule has 0 aromatic rings. The van der Waals surface area contributed by atoms with Gasteiger partial charge in [0, 0.05) is 0 Å². The zero-order valence-electron chi connectivity index (χ0n) is 22.9. The number of aliphatic hydroxyl groups is 1. The van der Waals surface area contributed by atoms with E-state index in [9.17, 15) is 5.11 Å². The molecule has 0 amide bonds. The summed E-state index contributed by atoms with van der Waals surface area (Å²) in [5.74, 6) is 8.51. The Morgan fingerprint density at radius 3 is 2.09 bits per heavy atom. The van der Waals surface area contributed by atoms with Crippen LogP contribution in [-0.4, -0.2) is 11.2 Å². The lowest BCUT2D eigenvalue weighted by Crippen LogP contribution is -2.56. The highest BCUT2D eigenvalue weighted by molar-refractivity contribution is 5.10. The minimum atomic E-state index is -0.0463. The smallest absolute Gasteiger partial charge is 0.0568 e. The number of hydrogen-bond donors (Lipinski definition) is 1. The quantitative estimate of drug-likeness (QED) is 0.435. The Hall–Kier alpha value is -0.0400. The maximum absolute atomic E-state index is 10.6. The summed E-state index contributed by atoms with van der Waals surface area (Å²) in [6.07, 6.45) is 13.8. The van der Waals surface area contributed by atoms with Gasteiger partial charge in [-0.05, 0) is 128 Å². The Morgan fingerprint density at radius 1 is 0.812 bits per heavy atom. The van der Waals surface area contributed by atoms with Gasteiger partial charge in [0.25, 0.3) is 0 Å². The molecule has 0 radical (unpaired) electrons. The van der Waals surface area contributed by atoms with Crippen LogP contribution in [0.3, 0.4) is 0 Å². The Bertz CT molecular complexity index is 640. The molecule has 3 unspecified atom stereocenters. The average molecular weight is 445 g/mol. The normalized spacial score (nSPS) is 49.1. The highest BCUT2D eigenvalue weighted by atomic mass is 16.3. The molecule has 4 aliphatic carbocycles. The van der Waals surface area contributed by atoms with Gasteiger partial charge in [0.1, 0.15) is 0 Å². The third kappa shape index (κ3) is 3.93. The van der Waals surface area contributed by atoms with E-state index in [-0.39, 0.29) is 6.10 Å². The molecular formula is C31H56O. The summed E-state index contributed by atoms with van der Waals surface area (Å²) < 4.78 is 0. The lowest BCUT2D eigenvalue weighted by atomic mass is 9.43. The van der Waals surface area contributed by atoms with Gasteiger partial charge in [-0.3, -0.25) is 0 Å². The predicted octanol–water partition coefficient (Wildman–Crippen LogP) is 8.60. The van der Waals surface area contributed by atoms with Crippen molar-refractivity contribution in [3.8, 4) is 0 Å². The van der Waals surface area contributed by atoms with E-state index in [4.69, 9.17) is 0 Å². The van der Waals surface area contributed by atoms with Crippen molar-refractivity contribution >= 4 is 0 Å². The van der Waals surface area contributed by atoms with Crippen molar-refractivity contribution in [2.45, 2.75) is 126 Å². The van der Waals surface area contributed by atoms with Crippen LogP contribution in [0.2, 0.25) is 0 Å². The first-order valence-electron chi connectivity index (χ1n) is 14.7. The zero-order chi connectivity index (χ0) is 23.4. The van der Waals surface area contributed by atoms with Gasteiger partial charge >= 0.3 is 0 Å². The highest BCUT2D eigenvalue weighted by Crippen LogP contribution is 2.69. The van der Waals surface area contributed by atoms with Crippen LogP contribution in [0.25, 0.3) is 0 Å². The fourth-order valence-corrected chi connectivity index (χ4v) is 11.1. The van der Waals surface area contributed by atoms with Crippen molar-refractivity contribution in [2.24, 2.45) is 70.0 Å². The molecule has 32 heavy (non-hydrogen) atoms. The Morgan fingerprint density at radius 2 is 1.44 bits per heavy atom. The minimum Gasteiger partial charge on any atom is -0.393 e. The van der Waals surface area contributed by atoms with Gasteiger partial charge < -0.3 is 5.11 Å². The Kier molecular flexibility index (Phi) is 7.21. The maximum atomic E-state index is 10.6. The minimum absolute atomic E-state index is 0.0463. The molecule has 1 heteroatoms. The van der Waals surface area contributed by atoms with E-state index < -0.39 is 0 Å². The van der Waals surface area contributed by atoms with E-state index in [0.717, 1.165) is 59.7 Å². The van der Waals surface area contributed by atoms with E-state index in [1.807, 2.05) is 0 Å². The first-order valence-corrected chi connectivity index (χ1v) is 14.7. The Labute approximate surface area is 200 Å². The van der Waals surface area contributed by atoms with Crippen molar-refractivity contribution in [1.82, 2.24) is 0 Å². The van der Waals surface area contributed by atoms with Gasteiger partial charge in [-0.25, -0.2) is 0 Å². The van der Waals surface area contributed by atoms with Gasteiger partial charge in [-0.1, -0.05) is 61.8 Å². The molecule has 4 aliphatic rings. The number of hydrogen-bond acceptors (Lipinski definition) is 1. The summed E-state index contributed by atoms with van der Waals surface area (Å²) in [4.78, 5) is 0. The highest BCUT2D eigenvalue weighted by Gasteiger charge is 2.61. The average Bonchev–Trinajstić information content (AvgIpc) is 3.08. The molecule has 1 N–H and O–H groups in total. The number of fused-ring (bicyclic) bond motifs is 5. The van der Waals surface area contributed by atoms with Gasteiger partial charge in [0.15, 0.2) is 0 Å². The van der Waals surface area contributed by atoms with Gasteiger partial charge in [-0.15, -0.1) is 0 Å². The lowest BCUT2D eigenvalue weighted by molar-refractivity contribution is -0.149. The van der Waals surface area contributed by atoms with Crippen molar-refractivity contribution in [3.63, 3.8) is 0 Å². The van der Waals surface area contributed by atoms with Crippen LogP contribution in [0.1, 0.15) is 120 Å². The lowest BCUT2D eigenvalue weighted by Gasteiger charge is -2.62. The molecule has 0 bridgehead atoms. The summed E-state index contributed by atoms with van der Waals surface area (Å²) in [6.45, 7) is 20.2. The second-order valence-electron chi connectivity index (χ2n) is 14.3. The maximum Gasteiger partial charge on any atom is 0.0568 e. The van der Waals surface area contributed by atoms with Crippen LogP contribution in [0, 0.1) is 70.0 Å². The molecule has 0 saturated heterocycles. The van der Waals surface area contributed by atoms with E-state index in [1.165, 1.54) is 57.8 Å². The molecule has 0 aliphatic heterocycles. The van der Waals surface area contributed by atoms with Crippen LogP contribution in [0.15, 0.2) is 0 Å². The summed E-state index contributed by atoms with van der Waals surface area (Å²) in [5, 5.41) is 10.6. The van der Waals surface area contributed by atoms with Gasteiger partial charge in [0.2, 0.25) is 0 Å². The number of aliphatic hydroxyl groups excluding tert-OH is 1. The monoisotopic (exact) mass is 444 g/mol. The number of rotatable bonds is 6. The largest absolute Gasteiger partial charge is 0.393 e. The van der Waals surface area contributed by atoms with Crippen molar-refractivity contribution in [3.05, 3.63) is 0 Å². The first-order chi connectivity index (χ1) is 15.0. The van der Waals surface area contributed by atoms with Crippen LogP contribution in [0.5, 0.6) is 0 Å². The molecule has 186 valence electrons. The Balaban J connectivity index is 1.48. The molecular weight excluding hydrogens is 388 g/mol. The molecule has 4 fully saturated rings. The second kappa shape index (κ2) is 9.20. The van der Waals surface area contributed by atoms with Gasteiger partial charge in [0.05, 0.1) is 6.10 Å². The van der Waals surface area contributed by atoms with Crippen molar-refractivity contribution in [1.29, 1.82) is 0 Å². The first kappa shape index (κ1) is 25.1. The molecule has 0 spiro atoms. The van der Waals surface area contributed by atoms with Crippen LogP contribution in [0.4, 0.5) is 0 Å². The van der Waals surface area contributed by atoms with E-state index in [1.54, 1.807) is 0 Å². The summed E-state index contributed by atoms with van der Waals surface area (Å²) in [7, 11) is 0. The molecule has 0 aromatic carbocycles. The van der Waals surface area contributed by atoms with Crippen molar-refractivity contribution < 1.29 is 5.11 Å². The zero-order valence-corrected chi connectivity index (χ0v) is 22.9. The molecule has 0 heterocycles. The molecule has 1 nitrogen and oxygen atoms in total. The fraction of sp³-hybridized carbons (Fsp3) is 1.00. The van der Waals surface area contributed by atoms with E-state index >= 15 is 0 Å². The van der Waals surface area contributed by atoms with E-state index in [2.05, 4.69) is 55.4 Å². The summed E-state index contributed by atoms with van der Waals surface area (Å²) in [5.41, 5.74) is 1.08. The molecule has 0 aromatic heterocycles. The molecule has 4 saturated carbocycles. The topological polar surface area (TPSA) is 20.2 Å². The van der Waals surface area contributed by atoms with E-state index in [0.29, 0.717) is 16.7 Å². The fourth-order valence-electron chi connectivity index (χ4n) is 11.1. The second-order valence-corrected chi connectivity index (χ2v) is 14.3. The van der Waals surface area contributed by atoms with Crippen LogP contribution < -0.4 is 0 Å². The summed E-state index contributed by atoms with van der Waals surface area (Å²) in [6, 6.07) is 0. The molecule has 12 atom stereocenters. The SMILES string of the molecule is CCC(C(C)C)C(C)C[C@@H](C)[C@H]1CC[C@H]2[C@@H]3CCC4[C@H](C)[C@@H](O)CC[C@]4(C)[C@H]3CC[C@]12C. The predicted molar refractivity (Wildman–Crippen MR) is 137 cm³/mol. The third-order valence-electron chi connectivity index (χ3n) is 12.7. The van der Waals surface area contributed by atoms with Crippen molar-refractivity contribution in [2.75, 3.05) is 0 Å².